The van der Waals surface area contributed by atoms with Gasteiger partial charge in [-0.2, -0.15) is 8.78 Å². The van der Waals surface area contributed by atoms with Gasteiger partial charge in [0.1, 0.15) is 5.75 Å². The zero-order valence-electron chi connectivity index (χ0n) is 12.2. The fourth-order valence-corrected chi connectivity index (χ4v) is 6.03. The minimum atomic E-state index is -2.88. The van der Waals surface area contributed by atoms with E-state index in [1.54, 1.807) is 18.2 Å². The Morgan fingerprint density at radius 2 is 1.91 bits per heavy atom. The van der Waals surface area contributed by atoms with Crippen molar-refractivity contribution in [1.82, 2.24) is 0 Å². The van der Waals surface area contributed by atoms with Gasteiger partial charge in [-0.05, 0) is 37.3 Å². The predicted octanol–water partition coefficient (Wildman–Crippen LogP) is 3.03. The van der Waals surface area contributed by atoms with Gasteiger partial charge in [0, 0.05) is 27.7 Å². The van der Waals surface area contributed by atoms with Gasteiger partial charge in [-0.1, -0.05) is 24.6 Å². The van der Waals surface area contributed by atoms with Crippen LogP contribution in [0.2, 0.25) is 0 Å². The smallest absolute Gasteiger partial charge is 0.387 e. The first kappa shape index (κ1) is 15.9. The topological polar surface area (TPSA) is 46.5 Å². The lowest BCUT2D eigenvalue weighted by Gasteiger charge is -2.43. The molecule has 2 unspecified atom stereocenters. The zero-order valence-corrected chi connectivity index (χ0v) is 13.0. The Bertz CT molecular complexity index is 548. The van der Waals surface area contributed by atoms with Crippen LogP contribution in [0.1, 0.15) is 37.7 Å². The van der Waals surface area contributed by atoms with E-state index in [0.717, 1.165) is 19.3 Å². The van der Waals surface area contributed by atoms with Crippen molar-refractivity contribution in [1.29, 1.82) is 0 Å². The molecule has 6 heteroatoms. The van der Waals surface area contributed by atoms with Gasteiger partial charge >= 0.3 is 6.61 Å². The lowest BCUT2D eigenvalue weighted by Crippen LogP contribution is -2.50. The molecule has 1 aromatic carbocycles. The molecule has 2 atom stereocenters. The van der Waals surface area contributed by atoms with E-state index in [9.17, 15) is 18.1 Å². The number of alkyl halides is 2. The summed E-state index contributed by atoms with van der Waals surface area (Å²) >= 11 is 0. The summed E-state index contributed by atoms with van der Waals surface area (Å²) in [6, 6.07) is 6.58. The van der Waals surface area contributed by atoms with E-state index in [-0.39, 0.29) is 22.7 Å². The summed E-state index contributed by atoms with van der Waals surface area (Å²) in [6.45, 7) is -2.88. The molecule has 2 saturated heterocycles. The molecule has 122 valence electrons. The maximum absolute atomic E-state index is 12.5. The Kier molecular flexibility index (Phi) is 4.50. The molecule has 0 amide bonds. The monoisotopic (exact) mass is 330 g/mol. The van der Waals surface area contributed by atoms with Crippen LogP contribution in [0, 0.1) is 0 Å². The Labute approximate surface area is 131 Å². The average molecular weight is 330 g/mol. The van der Waals surface area contributed by atoms with Crippen molar-refractivity contribution in [3.8, 4) is 5.75 Å². The van der Waals surface area contributed by atoms with E-state index in [0.29, 0.717) is 18.4 Å². The summed E-state index contributed by atoms with van der Waals surface area (Å²) in [4.78, 5) is 0. The van der Waals surface area contributed by atoms with E-state index in [2.05, 4.69) is 4.74 Å². The largest absolute Gasteiger partial charge is 0.435 e. The highest BCUT2D eigenvalue weighted by molar-refractivity contribution is 7.86. The summed E-state index contributed by atoms with van der Waals surface area (Å²) in [5.41, 5.74) is -0.401. The molecule has 1 aromatic rings. The SMILES string of the molecule is O=S1C2CCCC1CC(O)(Cc1ccccc1OC(F)F)C2. The van der Waals surface area contributed by atoms with E-state index >= 15 is 0 Å². The molecule has 2 bridgehead atoms. The van der Waals surface area contributed by atoms with Crippen molar-refractivity contribution in [3.05, 3.63) is 29.8 Å². The van der Waals surface area contributed by atoms with Crippen LogP contribution in [-0.2, 0) is 17.2 Å². The first-order valence-corrected chi connectivity index (χ1v) is 8.89. The van der Waals surface area contributed by atoms with Crippen molar-refractivity contribution >= 4 is 10.8 Å². The molecule has 0 spiro atoms. The molecule has 0 radical (unpaired) electrons. The molecule has 2 heterocycles. The molecular weight excluding hydrogens is 310 g/mol. The molecule has 2 aliphatic heterocycles. The molecule has 3 nitrogen and oxygen atoms in total. The Hall–Kier alpha value is -1.01. The molecule has 1 N–H and O–H groups in total. The van der Waals surface area contributed by atoms with Crippen LogP contribution in [0.15, 0.2) is 24.3 Å². The predicted molar refractivity (Wildman–Crippen MR) is 80.5 cm³/mol. The number of rotatable bonds is 4. The number of halogens is 2. The summed E-state index contributed by atoms with van der Waals surface area (Å²) < 4.78 is 41.8. The van der Waals surface area contributed by atoms with Gasteiger partial charge in [0.15, 0.2) is 0 Å². The second kappa shape index (κ2) is 6.24. The highest BCUT2D eigenvalue weighted by atomic mass is 32.2. The standard InChI is InChI=1S/C16H20F2O3S/c17-15(18)21-14-7-2-1-4-11(14)8-16(19)9-12-5-3-6-13(10-16)22(12)20/h1-2,4,7,12-13,15,19H,3,5-6,8-10H2. The highest BCUT2D eigenvalue weighted by Crippen LogP contribution is 2.41. The van der Waals surface area contributed by atoms with E-state index in [1.165, 1.54) is 6.07 Å². The Morgan fingerprint density at radius 3 is 2.55 bits per heavy atom. The first-order chi connectivity index (χ1) is 10.5. The Balaban J connectivity index is 1.79. The maximum Gasteiger partial charge on any atom is 0.387 e. The second-order valence-electron chi connectivity index (χ2n) is 6.30. The van der Waals surface area contributed by atoms with Crippen LogP contribution < -0.4 is 4.74 Å². The van der Waals surface area contributed by atoms with Crippen molar-refractivity contribution < 1.29 is 22.8 Å². The molecular formula is C16H20F2O3S. The van der Waals surface area contributed by atoms with Gasteiger partial charge in [0.05, 0.1) is 5.60 Å². The van der Waals surface area contributed by atoms with Crippen LogP contribution >= 0.6 is 0 Å². The molecule has 22 heavy (non-hydrogen) atoms. The molecule has 2 fully saturated rings. The molecule has 3 rings (SSSR count). The van der Waals surface area contributed by atoms with Crippen LogP contribution in [0.5, 0.6) is 5.75 Å². The van der Waals surface area contributed by atoms with Crippen molar-refractivity contribution in [2.24, 2.45) is 0 Å². The minimum absolute atomic E-state index is 0.0284. The summed E-state index contributed by atoms with van der Waals surface area (Å²) in [6.07, 6.45) is 4.02. The van der Waals surface area contributed by atoms with Crippen LogP contribution in [0.25, 0.3) is 0 Å². The number of benzene rings is 1. The molecule has 0 aromatic heterocycles. The second-order valence-corrected chi connectivity index (χ2v) is 8.29. The zero-order chi connectivity index (χ0) is 15.7. The lowest BCUT2D eigenvalue weighted by molar-refractivity contribution is -0.0518. The van der Waals surface area contributed by atoms with Gasteiger partial charge < -0.3 is 9.84 Å². The number of fused-ring (bicyclic) bond motifs is 2. The van der Waals surface area contributed by atoms with Crippen molar-refractivity contribution in [2.75, 3.05) is 0 Å². The van der Waals surface area contributed by atoms with Gasteiger partial charge in [0.25, 0.3) is 0 Å². The van der Waals surface area contributed by atoms with Gasteiger partial charge in [-0.25, -0.2) is 0 Å². The summed E-state index contributed by atoms with van der Waals surface area (Å²) in [5.74, 6) is 0.114. The average Bonchev–Trinajstić information content (AvgIpc) is 2.43. The number of aliphatic hydroxyl groups is 1. The number of hydrogen-bond acceptors (Lipinski definition) is 3. The number of hydrogen-bond donors (Lipinski definition) is 1. The van der Waals surface area contributed by atoms with E-state index < -0.39 is 23.0 Å². The van der Waals surface area contributed by atoms with Crippen LogP contribution in [0.4, 0.5) is 8.78 Å². The lowest BCUT2D eigenvalue weighted by atomic mass is 9.81. The quantitative estimate of drug-likeness (QED) is 0.923. The molecule has 2 aliphatic rings. The highest BCUT2D eigenvalue weighted by Gasteiger charge is 2.45. The fourth-order valence-electron chi connectivity index (χ4n) is 3.74. The summed E-state index contributed by atoms with van der Waals surface area (Å²) in [5, 5.41) is 11.0. The third-order valence-electron chi connectivity index (χ3n) is 4.63. The van der Waals surface area contributed by atoms with E-state index in [1.807, 2.05) is 0 Å². The minimum Gasteiger partial charge on any atom is -0.435 e. The Morgan fingerprint density at radius 1 is 1.27 bits per heavy atom. The van der Waals surface area contributed by atoms with E-state index in [4.69, 9.17) is 0 Å². The third-order valence-corrected chi connectivity index (χ3v) is 6.75. The van der Waals surface area contributed by atoms with Crippen LogP contribution in [-0.4, -0.2) is 32.0 Å². The summed E-state index contributed by atoms with van der Waals surface area (Å²) in [7, 11) is -0.866. The van der Waals surface area contributed by atoms with Gasteiger partial charge in [-0.3, -0.25) is 4.21 Å². The fraction of sp³-hybridized carbons (Fsp3) is 0.625. The number of para-hydroxylation sites is 1. The third kappa shape index (κ3) is 3.33. The number of ether oxygens (including phenoxy) is 1. The molecule has 0 aliphatic carbocycles. The van der Waals surface area contributed by atoms with Crippen LogP contribution in [0.3, 0.4) is 0 Å². The van der Waals surface area contributed by atoms with Crippen molar-refractivity contribution in [3.63, 3.8) is 0 Å². The van der Waals surface area contributed by atoms with Gasteiger partial charge in [-0.15, -0.1) is 0 Å². The maximum atomic E-state index is 12.5. The normalized spacial score (nSPS) is 34.6. The molecule has 0 saturated carbocycles. The van der Waals surface area contributed by atoms with Crippen molar-refractivity contribution in [2.45, 2.75) is 61.2 Å². The van der Waals surface area contributed by atoms with Gasteiger partial charge in [0.2, 0.25) is 0 Å². The first-order valence-electron chi connectivity index (χ1n) is 7.61.